The molecule has 0 radical (unpaired) electrons. The average molecular weight is 382 g/mol. The Kier molecular flexibility index (Phi) is 4.13. The Morgan fingerprint density at radius 3 is 2.45 bits per heavy atom. The van der Waals surface area contributed by atoms with E-state index in [-0.39, 0.29) is 5.91 Å². The summed E-state index contributed by atoms with van der Waals surface area (Å²) in [7, 11) is 0. The second-order valence-electron chi connectivity index (χ2n) is 6.91. The third-order valence-electron chi connectivity index (χ3n) is 4.95. The number of aromatic amines is 1. The topological polar surface area (TPSA) is 96.5 Å². The van der Waals surface area contributed by atoms with Gasteiger partial charge in [0.05, 0.1) is 22.6 Å². The SMILES string of the molecule is Cc1nccc(-c2ccc(-c3nccc(-c4cc5c([nH]4)CCNC5=O)n3)cc2)n1. The van der Waals surface area contributed by atoms with Gasteiger partial charge in [-0.2, -0.15) is 0 Å². The molecule has 7 nitrogen and oxygen atoms in total. The van der Waals surface area contributed by atoms with Crippen LogP contribution in [0.2, 0.25) is 0 Å². The monoisotopic (exact) mass is 382 g/mol. The van der Waals surface area contributed by atoms with Crippen LogP contribution in [-0.2, 0) is 6.42 Å². The lowest BCUT2D eigenvalue weighted by molar-refractivity contribution is 0.0946. The highest BCUT2D eigenvalue weighted by Gasteiger charge is 2.20. The van der Waals surface area contributed by atoms with Crippen molar-refractivity contribution in [3.63, 3.8) is 0 Å². The number of benzene rings is 1. The van der Waals surface area contributed by atoms with Crippen molar-refractivity contribution < 1.29 is 4.79 Å². The first-order chi connectivity index (χ1) is 14.2. The number of rotatable bonds is 3. The Bertz CT molecular complexity index is 1210. The molecule has 0 bridgehead atoms. The van der Waals surface area contributed by atoms with Crippen molar-refractivity contribution >= 4 is 5.91 Å². The van der Waals surface area contributed by atoms with E-state index in [1.54, 1.807) is 12.4 Å². The average Bonchev–Trinajstić information content (AvgIpc) is 3.20. The zero-order valence-electron chi connectivity index (χ0n) is 15.8. The molecule has 1 amide bonds. The first-order valence-corrected chi connectivity index (χ1v) is 9.41. The molecule has 0 fully saturated rings. The number of amides is 1. The first-order valence-electron chi connectivity index (χ1n) is 9.41. The lowest BCUT2D eigenvalue weighted by atomic mass is 10.1. The molecule has 0 atom stereocenters. The number of hydrogen-bond donors (Lipinski definition) is 2. The normalized spacial score (nSPS) is 13.1. The number of H-pyrrole nitrogens is 1. The van der Waals surface area contributed by atoms with Crippen LogP contribution in [0.5, 0.6) is 0 Å². The van der Waals surface area contributed by atoms with E-state index in [2.05, 4.69) is 25.3 Å². The Hall–Kier alpha value is -3.87. The van der Waals surface area contributed by atoms with Crippen molar-refractivity contribution in [2.45, 2.75) is 13.3 Å². The van der Waals surface area contributed by atoms with Gasteiger partial charge < -0.3 is 10.3 Å². The van der Waals surface area contributed by atoms with Crippen LogP contribution in [0.3, 0.4) is 0 Å². The maximum Gasteiger partial charge on any atom is 0.253 e. The Morgan fingerprint density at radius 1 is 0.897 bits per heavy atom. The molecule has 0 aliphatic carbocycles. The minimum Gasteiger partial charge on any atom is -0.356 e. The quantitative estimate of drug-likeness (QED) is 0.567. The zero-order chi connectivity index (χ0) is 19.8. The van der Waals surface area contributed by atoms with Crippen LogP contribution in [0.4, 0.5) is 0 Å². The first kappa shape index (κ1) is 17.2. The van der Waals surface area contributed by atoms with Crippen LogP contribution in [-0.4, -0.2) is 37.4 Å². The minimum absolute atomic E-state index is 0.0430. The molecule has 1 aliphatic rings. The predicted octanol–water partition coefficient (Wildman–Crippen LogP) is 3.19. The van der Waals surface area contributed by atoms with Gasteiger partial charge in [-0.25, -0.2) is 19.9 Å². The lowest BCUT2D eigenvalue weighted by Gasteiger charge is -2.10. The van der Waals surface area contributed by atoms with E-state index >= 15 is 0 Å². The van der Waals surface area contributed by atoms with Crippen LogP contribution < -0.4 is 5.32 Å². The van der Waals surface area contributed by atoms with Crippen molar-refractivity contribution in [3.05, 3.63) is 71.9 Å². The fraction of sp³-hybridized carbons (Fsp3) is 0.136. The van der Waals surface area contributed by atoms with Crippen LogP contribution in [0.25, 0.3) is 34.0 Å². The van der Waals surface area contributed by atoms with Crippen molar-refractivity contribution in [1.82, 2.24) is 30.2 Å². The molecular formula is C22H18N6O. The van der Waals surface area contributed by atoms with Gasteiger partial charge in [-0.3, -0.25) is 4.79 Å². The summed E-state index contributed by atoms with van der Waals surface area (Å²) >= 11 is 0. The highest BCUT2D eigenvalue weighted by molar-refractivity contribution is 5.97. The molecule has 1 aliphatic heterocycles. The molecule has 7 heteroatoms. The van der Waals surface area contributed by atoms with Crippen LogP contribution in [0.15, 0.2) is 54.9 Å². The van der Waals surface area contributed by atoms with E-state index in [1.165, 1.54) is 0 Å². The highest BCUT2D eigenvalue weighted by atomic mass is 16.1. The van der Waals surface area contributed by atoms with Gasteiger partial charge in [0, 0.05) is 42.2 Å². The number of nitrogens with one attached hydrogen (secondary N) is 2. The van der Waals surface area contributed by atoms with Gasteiger partial charge in [0.1, 0.15) is 5.82 Å². The van der Waals surface area contributed by atoms with Gasteiger partial charge in [0.2, 0.25) is 0 Å². The molecule has 4 heterocycles. The zero-order valence-corrected chi connectivity index (χ0v) is 15.8. The van der Waals surface area contributed by atoms with Crippen molar-refractivity contribution in [2.24, 2.45) is 0 Å². The number of hydrogen-bond acceptors (Lipinski definition) is 5. The number of fused-ring (bicyclic) bond motifs is 1. The summed E-state index contributed by atoms with van der Waals surface area (Å²) in [5.74, 6) is 1.33. The van der Waals surface area contributed by atoms with Gasteiger partial charge >= 0.3 is 0 Å². The summed E-state index contributed by atoms with van der Waals surface area (Å²) in [6.07, 6.45) is 4.29. The molecule has 4 aromatic rings. The minimum atomic E-state index is -0.0430. The summed E-state index contributed by atoms with van der Waals surface area (Å²) in [4.78, 5) is 33.1. The maximum absolute atomic E-state index is 12.0. The molecule has 0 spiro atoms. The van der Waals surface area contributed by atoms with Gasteiger partial charge in [-0.15, -0.1) is 0 Å². The van der Waals surface area contributed by atoms with Crippen LogP contribution in [0.1, 0.15) is 21.9 Å². The molecule has 5 rings (SSSR count). The number of carbonyl (C=O) groups is 1. The highest BCUT2D eigenvalue weighted by Crippen LogP contribution is 2.25. The Labute approximate surface area is 167 Å². The third-order valence-corrected chi connectivity index (χ3v) is 4.95. The van der Waals surface area contributed by atoms with E-state index in [0.717, 1.165) is 46.1 Å². The third kappa shape index (κ3) is 3.27. The number of carbonyl (C=O) groups excluding carboxylic acids is 1. The smallest absolute Gasteiger partial charge is 0.253 e. The second kappa shape index (κ2) is 6.94. The number of nitrogens with zero attached hydrogens (tertiary/aromatic N) is 4. The fourth-order valence-electron chi connectivity index (χ4n) is 3.49. The molecule has 0 saturated heterocycles. The number of aromatic nitrogens is 5. The van der Waals surface area contributed by atoms with E-state index in [1.807, 2.05) is 49.4 Å². The van der Waals surface area contributed by atoms with Crippen molar-refractivity contribution in [1.29, 1.82) is 0 Å². The summed E-state index contributed by atoms with van der Waals surface area (Å²) in [5, 5.41) is 2.86. The van der Waals surface area contributed by atoms with Gasteiger partial charge in [-0.1, -0.05) is 24.3 Å². The molecule has 0 unspecified atom stereocenters. The van der Waals surface area contributed by atoms with E-state index < -0.39 is 0 Å². The number of aryl methyl sites for hydroxylation is 1. The van der Waals surface area contributed by atoms with Crippen molar-refractivity contribution in [3.8, 4) is 34.0 Å². The molecule has 3 aromatic heterocycles. The van der Waals surface area contributed by atoms with Crippen molar-refractivity contribution in [2.75, 3.05) is 6.54 Å². The molecule has 1 aromatic carbocycles. The molecule has 142 valence electrons. The summed E-state index contributed by atoms with van der Waals surface area (Å²) in [5.41, 5.74) is 6.03. The van der Waals surface area contributed by atoms with Gasteiger partial charge in [0.25, 0.3) is 5.91 Å². The maximum atomic E-state index is 12.0. The van der Waals surface area contributed by atoms with Gasteiger partial charge in [-0.05, 0) is 25.1 Å². The molecular weight excluding hydrogens is 364 g/mol. The molecule has 29 heavy (non-hydrogen) atoms. The van der Waals surface area contributed by atoms with E-state index in [4.69, 9.17) is 4.98 Å². The van der Waals surface area contributed by atoms with E-state index in [0.29, 0.717) is 17.9 Å². The standard InChI is InChI=1S/C22H18N6O/c1-13-23-9-6-17(26-13)14-2-4-15(5-3-14)21-24-10-8-19(28-21)20-12-16-18(27-20)7-11-25-22(16)29/h2-6,8-10,12,27H,7,11H2,1H3,(H,25,29). The van der Waals surface area contributed by atoms with E-state index in [9.17, 15) is 4.79 Å². The summed E-state index contributed by atoms with van der Waals surface area (Å²) < 4.78 is 0. The lowest BCUT2D eigenvalue weighted by Crippen LogP contribution is -2.31. The largest absolute Gasteiger partial charge is 0.356 e. The fourth-order valence-corrected chi connectivity index (χ4v) is 3.49. The molecule has 2 N–H and O–H groups in total. The van der Waals surface area contributed by atoms with Crippen LogP contribution in [0, 0.1) is 6.92 Å². The summed E-state index contributed by atoms with van der Waals surface area (Å²) in [6, 6.07) is 13.6. The van der Waals surface area contributed by atoms with Crippen LogP contribution >= 0.6 is 0 Å². The predicted molar refractivity (Wildman–Crippen MR) is 109 cm³/mol. The summed E-state index contributed by atoms with van der Waals surface area (Å²) in [6.45, 7) is 2.53. The Morgan fingerprint density at radius 2 is 1.66 bits per heavy atom. The van der Waals surface area contributed by atoms with Gasteiger partial charge in [0.15, 0.2) is 5.82 Å². The molecule has 0 saturated carbocycles. The Balaban J connectivity index is 1.46. The second-order valence-corrected chi connectivity index (χ2v) is 6.91.